The zero-order valence-electron chi connectivity index (χ0n) is 23.6. The van der Waals surface area contributed by atoms with E-state index in [0.29, 0.717) is 17.2 Å². The van der Waals surface area contributed by atoms with E-state index in [4.69, 9.17) is 5.11 Å². The smallest absolute Gasteiger partial charge is 0.250 e. The molecular formula is C30H30F5N3O5S. The monoisotopic (exact) mass is 639 g/mol. The molecule has 0 aromatic heterocycles. The Morgan fingerprint density at radius 1 is 0.841 bits per heavy atom. The quantitative estimate of drug-likeness (QED) is 0.180. The maximum absolute atomic E-state index is 14.4. The van der Waals surface area contributed by atoms with E-state index in [9.17, 15) is 40.0 Å². The second-order valence-corrected chi connectivity index (χ2v) is 12.5. The minimum atomic E-state index is -5.37. The summed E-state index contributed by atoms with van der Waals surface area (Å²) < 4.78 is 95.9. The van der Waals surface area contributed by atoms with Crippen molar-refractivity contribution in [2.24, 2.45) is 0 Å². The fourth-order valence-electron chi connectivity index (χ4n) is 5.09. The Hall–Kier alpha value is -3.88. The van der Waals surface area contributed by atoms with Gasteiger partial charge in [0.15, 0.2) is 28.2 Å². The normalized spacial score (nSPS) is 14.1. The lowest BCUT2D eigenvalue weighted by Gasteiger charge is -2.27. The average Bonchev–Trinajstić information content (AvgIpc) is 3.02. The predicted molar refractivity (Wildman–Crippen MR) is 152 cm³/mol. The molecule has 4 rings (SSSR count). The van der Waals surface area contributed by atoms with Crippen LogP contribution in [0.3, 0.4) is 0 Å². The third kappa shape index (κ3) is 7.08. The van der Waals surface area contributed by atoms with E-state index >= 15 is 0 Å². The van der Waals surface area contributed by atoms with Gasteiger partial charge in [0.25, 0.3) is 0 Å². The maximum atomic E-state index is 14.4. The van der Waals surface area contributed by atoms with Crippen LogP contribution in [-0.4, -0.2) is 49.8 Å². The Morgan fingerprint density at radius 2 is 1.39 bits per heavy atom. The molecule has 0 radical (unpaired) electrons. The number of rotatable bonds is 10. The standard InChI is InChI=1S/C30H30F5N3O5S/c1-37(44(42,43)30-28(34)26(32)25(31)27(33)29(30)35)16-24(41)38(22-13-11-21(12-14-22)36-23(40)17-39)15-18-7-9-20(10-8-18)19-5-3-2-4-6-19/h7-14,19,39H,2-6,15-17H2,1H3,(H,36,40). The van der Waals surface area contributed by atoms with Crippen LogP contribution in [0.15, 0.2) is 53.4 Å². The molecule has 2 N–H and O–H groups in total. The van der Waals surface area contributed by atoms with Crippen LogP contribution in [0.2, 0.25) is 0 Å². The number of sulfonamides is 1. The molecule has 3 aromatic rings. The van der Waals surface area contributed by atoms with Crippen molar-refractivity contribution < 1.29 is 45.1 Å². The average molecular weight is 640 g/mol. The molecule has 0 atom stereocenters. The summed E-state index contributed by atoms with van der Waals surface area (Å²) >= 11 is 0. The Balaban J connectivity index is 1.62. The Bertz CT molecular complexity index is 1600. The van der Waals surface area contributed by atoms with Crippen molar-refractivity contribution in [2.45, 2.75) is 49.5 Å². The molecule has 8 nitrogen and oxygen atoms in total. The first-order valence-corrected chi connectivity index (χ1v) is 15.2. The van der Waals surface area contributed by atoms with Crippen molar-refractivity contribution in [3.8, 4) is 0 Å². The molecule has 1 fully saturated rings. The van der Waals surface area contributed by atoms with E-state index < -0.39 is 69.0 Å². The molecule has 0 bridgehead atoms. The molecule has 1 aliphatic rings. The zero-order chi connectivity index (χ0) is 32.2. The molecule has 44 heavy (non-hydrogen) atoms. The minimum Gasteiger partial charge on any atom is -0.387 e. The maximum Gasteiger partial charge on any atom is 0.250 e. The zero-order valence-corrected chi connectivity index (χ0v) is 24.4. The van der Waals surface area contributed by atoms with Gasteiger partial charge in [-0.2, -0.15) is 4.31 Å². The number of anilines is 2. The van der Waals surface area contributed by atoms with Gasteiger partial charge in [0.05, 0.1) is 13.1 Å². The van der Waals surface area contributed by atoms with E-state index in [0.717, 1.165) is 38.3 Å². The minimum absolute atomic E-state index is 0.0669. The van der Waals surface area contributed by atoms with Crippen LogP contribution in [0.4, 0.5) is 33.3 Å². The second-order valence-electron chi connectivity index (χ2n) is 10.5. The first-order chi connectivity index (χ1) is 20.8. The van der Waals surface area contributed by atoms with Crippen LogP contribution in [0.1, 0.15) is 49.1 Å². The lowest BCUT2D eigenvalue weighted by Crippen LogP contribution is -2.41. The molecule has 1 aliphatic carbocycles. The highest BCUT2D eigenvalue weighted by Gasteiger charge is 2.37. The largest absolute Gasteiger partial charge is 0.387 e. The van der Waals surface area contributed by atoms with Gasteiger partial charge in [-0.05, 0) is 54.2 Å². The molecule has 0 spiro atoms. The number of amides is 2. The van der Waals surface area contributed by atoms with Crippen LogP contribution in [0.25, 0.3) is 0 Å². The number of nitrogens with zero attached hydrogens (tertiary/aromatic N) is 2. The summed E-state index contributed by atoms with van der Waals surface area (Å²) in [7, 11) is -4.60. The van der Waals surface area contributed by atoms with Crippen molar-refractivity contribution in [2.75, 3.05) is 30.4 Å². The molecule has 0 heterocycles. The van der Waals surface area contributed by atoms with Crippen molar-refractivity contribution in [1.82, 2.24) is 4.31 Å². The predicted octanol–water partition coefficient (Wildman–Crippen LogP) is 5.21. The van der Waals surface area contributed by atoms with Gasteiger partial charge in [-0.15, -0.1) is 0 Å². The number of aliphatic hydroxyl groups is 1. The fraction of sp³-hybridized carbons (Fsp3) is 0.333. The molecule has 0 aliphatic heterocycles. The van der Waals surface area contributed by atoms with Crippen molar-refractivity contribution >= 4 is 33.2 Å². The lowest BCUT2D eigenvalue weighted by atomic mass is 9.84. The van der Waals surface area contributed by atoms with Gasteiger partial charge in [0.1, 0.15) is 6.61 Å². The molecule has 2 amide bonds. The van der Waals surface area contributed by atoms with Gasteiger partial charge in [-0.1, -0.05) is 43.5 Å². The first-order valence-electron chi connectivity index (χ1n) is 13.7. The van der Waals surface area contributed by atoms with Gasteiger partial charge in [-0.3, -0.25) is 9.59 Å². The Labute approximate surface area is 251 Å². The lowest BCUT2D eigenvalue weighted by molar-refractivity contribution is -0.119. The third-order valence-corrected chi connectivity index (χ3v) is 9.32. The number of benzene rings is 3. The highest BCUT2D eigenvalue weighted by Crippen LogP contribution is 2.33. The van der Waals surface area contributed by atoms with Crippen LogP contribution in [0.5, 0.6) is 0 Å². The number of nitrogens with one attached hydrogen (secondary N) is 1. The molecule has 0 saturated heterocycles. The summed E-state index contributed by atoms with van der Waals surface area (Å²) in [5.74, 6) is -13.6. The molecule has 3 aromatic carbocycles. The van der Waals surface area contributed by atoms with E-state index in [1.807, 2.05) is 24.3 Å². The van der Waals surface area contributed by atoms with E-state index in [2.05, 4.69) is 5.32 Å². The summed E-state index contributed by atoms with van der Waals surface area (Å²) in [6.07, 6.45) is 5.64. The van der Waals surface area contributed by atoms with Gasteiger partial charge in [-0.25, -0.2) is 30.4 Å². The number of hydrogen-bond acceptors (Lipinski definition) is 5. The number of carbonyl (C=O) groups is 2. The molecule has 236 valence electrons. The first kappa shape index (κ1) is 33.0. The van der Waals surface area contributed by atoms with Crippen LogP contribution < -0.4 is 10.2 Å². The van der Waals surface area contributed by atoms with Crippen LogP contribution in [0, 0.1) is 29.1 Å². The van der Waals surface area contributed by atoms with Crippen LogP contribution >= 0.6 is 0 Å². The number of halogens is 5. The van der Waals surface area contributed by atoms with E-state index in [1.165, 1.54) is 35.6 Å². The number of hydrogen-bond donors (Lipinski definition) is 2. The number of carbonyl (C=O) groups excluding carboxylic acids is 2. The van der Waals surface area contributed by atoms with Gasteiger partial charge in [0.2, 0.25) is 27.7 Å². The SMILES string of the molecule is CN(CC(=O)N(Cc1ccc(C2CCCCC2)cc1)c1ccc(NC(=O)CO)cc1)S(=O)(=O)c1c(F)c(F)c(F)c(F)c1F. The van der Waals surface area contributed by atoms with E-state index in [-0.39, 0.29) is 16.5 Å². The van der Waals surface area contributed by atoms with Gasteiger partial charge in [0, 0.05) is 18.4 Å². The Kier molecular flexibility index (Phi) is 10.4. The second kappa shape index (κ2) is 13.8. The topological polar surface area (TPSA) is 107 Å². The molecule has 1 saturated carbocycles. The summed E-state index contributed by atoms with van der Waals surface area (Å²) in [6.45, 7) is -1.85. The fourth-order valence-corrected chi connectivity index (χ4v) is 6.31. The molecule has 0 unspecified atom stereocenters. The third-order valence-electron chi connectivity index (χ3n) is 7.50. The number of aliphatic hydroxyl groups excluding tert-OH is 1. The summed E-state index contributed by atoms with van der Waals surface area (Å²) in [6, 6.07) is 13.3. The van der Waals surface area contributed by atoms with E-state index in [1.54, 1.807) is 0 Å². The van der Waals surface area contributed by atoms with Crippen molar-refractivity contribution in [3.05, 3.63) is 88.7 Å². The van der Waals surface area contributed by atoms with Crippen LogP contribution in [-0.2, 0) is 26.2 Å². The molecular weight excluding hydrogens is 609 g/mol. The van der Waals surface area contributed by atoms with Crippen molar-refractivity contribution in [1.29, 1.82) is 0 Å². The van der Waals surface area contributed by atoms with Crippen molar-refractivity contribution in [3.63, 3.8) is 0 Å². The highest BCUT2D eigenvalue weighted by molar-refractivity contribution is 7.89. The molecule has 14 heteroatoms. The summed E-state index contributed by atoms with van der Waals surface area (Å²) in [4.78, 5) is 24.2. The van der Waals surface area contributed by atoms with Gasteiger partial charge < -0.3 is 15.3 Å². The summed E-state index contributed by atoms with van der Waals surface area (Å²) in [5, 5.41) is 11.4. The Morgan fingerprint density at radius 3 is 1.93 bits per heavy atom. The van der Waals surface area contributed by atoms with Gasteiger partial charge >= 0.3 is 0 Å². The summed E-state index contributed by atoms with van der Waals surface area (Å²) in [5.41, 5.74) is 2.36. The number of likely N-dealkylation sites (N-methyl/N-ethyl adjacent to an activating group) is 1. The highest BCUT2D eigenvalue weighted by atomic mass is 32.2.